The van der Waals surface area contributed by atoms with Crippen LogP contribution in [0.2, 0.25) is 0 Å². The summed E-state index contributed by atoms with van der Waals surface area (Å²) < 4.78 is 1.48. The van der Waals surface area contributed by atoms with Crippen molar-refractivity contribution in [2.24, 2.45) is 5.41 Å². The van der Waals surface area contributed by atoms with Gasteiger partial charge in [-0.1, -0.05) is 0 Å². The average molecular weight is 389 g/mol. The number of nitrogens with one attached hydrogen (secondary N) is 1. The summed E-state index contributed by atoms with van der Waals surface area (Å²) in [6, 6.07) is 2.37. The van der Waals surface area contributed by atoms with Crippen LogP contribution in [0, 0.1) is 15.5 Å². The van der Waals surface area contributed by atoms with Gasteiger partial charge >= 0.3 is 5.69 Å². The number of amides is 1. The van der Waals surface area contributed by atoms with Gasteiger partial charge in [0.05, 0.1) is 4.92 Å². The third-order valence-electron chi connectivity index (χ3n) is 5.76. The quantitative estimate of drug-likeness (QED) is 0.580. The molecule has 1 amide bonds. The molecule has 1 saturated heterocycles. The van der Waals surface area contributed by atoms with Crippen molar-refractivity contribution in [2.45, 2.75) is 44.8 Å². The Labute approximate surface area is 161 Å². The lowest BCUT2D eigenvalue weighted by atomic mass is 9.93. The summed E-state index contributed by atoms with van der Waals surface area (Å²) in [5, 5.41) is 22.3. The standard InChI is InChI=1S/C18H23N5O3S/c24-17(1-7-21-12-15(10-20-21)23(25)26)22(11-14-2-8-27-13-14)16-9-18(16)3-5-19-6-4-18/h2,8,10,12-13,16,19H,1,3-7,9,11H2. The molecule has 1 aliphatic carbocycles. The number of carbonyl (C=O) groups is 1. The largest absolute Gasteiger partial charge is 0.335 e. The van der Waals surface area contributed by atoms with E-state index in [2.05, 4.69) is 21.9 Å². The number of hydrogen-bond acceptors (Lipinski definition) is 6. The summed E-state index contributed by atoms with van der Waals surface area (Å²) in [7, 11) is 0. The minimum Gasteiger partial charge on any atom is -0.335 e. The molecular formula is C18H23N5O3S. The van der Waals surface area contributed by atoms with E-state index in [1.165, 1.54) is 22.6 Å². The molecule has 0 bridgehead atoms. The van der Waals surface area contributed by atoms with Gasteiger partial charge in [0, 0.05) is 25.6 Å². The monoisotopic (exact) mass is 389 g/mol. The molecule has 2 fully saturated rings. The van der Waals surface area contributed by atoms with Crippen molar-refractivity contribution in [1.29, 1.82) is 0 Å². The molecule has 0 aromatic carbocycles. The zero-order chi connectivity index (χ0) is 18.9. The first kappa shape index (κ1) is 18.1. The van der Waals surface area contributed by atoms with Crippen molar-refractivity contribution in [3.63, 3.8) is 0 Å². The maximum atomic E-state index is 13.0. The van der Waals surface area contributed by atoms with Gasteiger partial charge in [0.25, 0.3) is 0 Å². The van der Waals surface area contributed by atoms with Crippen LogP contribution in [0.15, 0.2) is 29.2 Å². The van der Waals surface area contributed by atoms with Crippen LogP contribution in [-0.2, 0) is 17.9 Å². The van der Waals surface area contributed by atoms with Crippen molar-refractivity contribution in [3.05, 3.63) is 44.9 Å². The van der Waals surface area contributed by atoms with E-state index in [-0.39, 0.29) is 17.0 Å². The molecule has 8 nitrogen and oxygen atoms in total. The van der Waals surface area contributed by atoms with Gasteiger partial charge < -0.3 is 10.2 Å². The third-order valence-corrected chi connectivity index (χ3v) is 6.49. The lowest BCUT2D eigenvalue weighted by molar-refractivity contribution is -0.385. The number of nitro groups is 1. The fraction of sp³-hybridized carbons (Fsp3) is 0.556. The number of carbonyl (C=O) groups excluding carboxylic acids is 1. The molecular weight excluding hydrogens is 366 g/mol. The fourth-order valence-electron chi connectivity index (χ4n) is 4.10. The van der Waals surface area contributed by atoms with E-state index in [1.54, 1.807) is 11.3 Å². The molecule has 1 unspecified atom stereocenters. The summed E-state index contributed by atoms with van der Waals surface area (Å²) in [4.78, 5) is 25.4. The summed E-state index contributed by atoms with van der Waals surface area (Å²) in [6.07, 6.45) is 6.22. The highest BCUT2D eigenvalue weighted by molar-refractivity contribution is 7.07. The van der Waals surface area contributed by atoms with Crippen molar-refractivity contribution in [3.8, 4) is 0 Å². The molecule has 2 aliphatic rings. The SMILES string of the molecule is O=C(CCn1cc([N+](=O)[O-])cn1)N(Cc1ccsc1)C1CC12CCNCC2. The number of hydrogen-bond donors (Lipinski definition) is 1. The molecule has 27 heavy (non-hydrogen) atoms. The Morgan fingerprint density at radius 3 is 2.96 bits per heavy atom. The molecule has 9 heteroatoms. The van der Waals surface area contributed by atoms with Crippen LogP contribution in [-0.4, -0.2) is 44.6 Å². The van der Waals surface area contributed by atoms with Crippen LogP contribution in [0.5, 0.6) is 0 Å². The Balaban J connectivity index is 1.43. The van der Waals surface area contributed by atoms with Crippen LogP contribution in [0.25, 0.3) is 0 Å². The first-order valence-electron chi connectivity index (χ1n) is 9.25. The van der Waals surface area contributed by atoms with Gasteiger partial charge in [0.15, 0.2) is 0 Å². The molecule has 2 aromatic heterocycles. The Morgan fingerprint density at radius 2 is 2.30 bits per heavy atom. The molecule has 3 heterocycles. The van der Waals surface area contributed by atoms with Crippen molar-refractivity contribution in [1.82, 2.24) is 20.0 Å². The van der Waals surface area contributed by atoms with E-state index in [4.69, 9.17) is 0 Å². The molecule has 4 rings (SSSR count). The third kappa shape index (κ3) is 3.89. The van der Waals surface area contributed by atoms with Gasteiger partial charge in [-0.2, -0.15) is 16.4 Å². The van der Waals surface area contributed by atoms with Crippen LogP contribution in [0.4, 0.5) is 5.69 Å². The van der Waals surface area contributed by atoms with Crippen molar-refractivity contribution < 1.29 is 9.72 Å². The summed E-state index contributed by atoms with van der Waals surface area (Å²) in [6.45, 7) is 3.04. The molecule has 0 radical (unpaired) electrons. The van der Waals surface area contributed by atoms with E-state index >= 15 is 0 Å². The van der Waals surface area contributed by atoms with Crippen molar-refractivity contribution in [2.75, 3.05) is 13.1 Å². The van der Waals surface area contributed by atoms with Gasteiger partial charge in [0.2, 0.25) is 5.91 Å². The van der Waals surface area contributed by atoms with Crippen LogP contribution in [0.3, 0.4) is 0 Å². The maximum absolute atomic E-state index is 13.0. The van der Waals surface area contributed by atoms with Crippen LogP contribution >= 0.6 is 11.3 Å². The van der Waals surface area contributed by atoms with E-state index < -0.39 is 4.92 Å². The smallest absolute Gasteiger partial charge is 0.306 e. The van der Waals surface area contributed by atoms with Gasteiger partial charge in [-0.3, -0.25) is 19.6 Å². The summed E-state index contributed by atoms with van der Waals surface area (Å²) in [5.41, 5.74) is 1.40. The number of aromatic nitrogens is 2. The number of thiophene rings is 1. The predicted octanol–water partition coefficient (Wildman–Crippen LogP) is 2.41. The van der Waals surface area contributed by atoms with Crippen LogP contribution in [0.1, 0.15) is 31.2 Å². The Morgan fingerprint density at radius 1 is 1.48 bits per heavy atom. The molecule has 1 spiro atoms. The normalized spacial score (nSPS) is 20.5. The second-order valence-corrected chi connectivity index (χ2v) is 8.23. The number of rotatable bonds is 7. The highest BCUT2D eigenvalue weighted by Gasteiger charge is 2.57. The van der Waals surface area contributed by atoms with Gasteiger partial charge in [-0.05, 0) is 60.2 Å². The maximum Gasteiger partial charge on any atom is 0.306 e. The van der Waals surface area contributed by atoms with E-state index in [0.29, 0.717) is 25.6 Å². The molecule has 144 valence electrons. The Kier molecular flexibility index (Phi) is 4.96. The van der Waals surface area contributed by atoms with E-state index in [1.807, 2.05) is 10.3 Å². The second kappa shape index (κ2) is 7.40. The minimum atomic E-state index is -0.473. The highest BCUT2D eigenvalue weighted by atomic mass is 32.1. The first-order chi connectivity index (χ1) is 13.1. The minimum absolute atomic E-state index is 0.0478. The zero-order valence-electron chi connectivity index (χ0n) is 15.0. The molecule has 1 saturated carbocycles. The Bertz CT molecular complexity index is 813. The molecule has 1 atom stereocenters. The molecule has 1 aliphatic heterocycles. The topological polar surface area (TPSA) is 93.3 Å². The lowest BCUT2D eigenvalue weighted by Crippen LogP contribution is -2.39. The zero-order valence-corrected chi connectivity index (χ0v) is 15.9. The van der Waals surface area contributed by atoms with Gasteiger partial charge in [-0.15, -0.1) is 0 Å². The van der Waals surface area contributed by atoms with Crippen molar-refractivity contribution >= 4 is 22.9 Å². The van der Waals surface area contributed by atoms with Crippen LogP contribution < -0.4 is 5.32 Å². The molecule has 2 aromatic rings. The summed E-state index contributed by atoms with van der Waals surface area (Å²) >= 11 is 1.64. The first-order valence-corrected chi connectivity index (χ1v) is 10.2. The number of nitrogens with zero attached hydrogens (tertiary/aromatic N) is 4. The lowest BCUT2D eigenvalue weighted by Gasteiger charge is -2.29. The molecule has 1 N–H and O–H groups in total. The number of piperidine rings is 1. The fourth-order valence-corrected chi connectivity index (χ4v) is 4.76. The van der Waals surface area contributed by atoms with Gasteiger partial charge in [-0.25, -0.2) is 0 Å². The predicted molar refractivity (Wildman–Crippen MR) is 101 cm³/mol. The van der Waals surface area contributed by atoms with E-state index in [0.717, 1.165) is 32.4 Å². The average Bonchev–Trinajstić information content (AvgIpc) is 3.08. The number of aryl methyl sites for hydroxylation is 1. The highest BCUT2D eigenvalue weighted by Crippen LogP contribution is 2.56. The summed E-state index contributed by atoms with van der Waals surface area (Å²) in [5.74, 6) is 0.0970. The van der Waals surface area contributed by atoms with Gasteiger partial charge in [0.1, 0.15) is 12.4 Å². The Hall–Kier alpha value is -2.26. The van der Waals surface area contributed by atoms with E-state index in [9.17, 15) is 14.9 Å². The second-order valence-electron chi connectivity index (χ2n) is 7.45.